The predicted octanol–water partition coefficient (Wildman–Crippen LogP) is 2.74. The van der Waals surface area contributed by atoms with Gasteiger partial charge in [0.05, 0.1) is 13.2 Å². The first kappa shape index (κ1) is 15.9. The Balaban J connectivity index is 2.15. The Hall–Kier alpha value is -1.52. The number of nitrogens with zero attached hydrogens (tertiary/aromatic N) is 1. The van der Waals surface area contributed by atoms with Crippen LogP contribution in [0.4, 0.5) is 0 Å². The fourth-order valence-electron chi connectivity index (χ4n) is 2.89. The van der Waals surface area contributed by atoms with E-state index in [-0.39, 0.29) is 5.75 Å². The van der Waals surface area contributed by atoms with Crippen molar-refractivity contribution in [3.63, 3.8) is 0 Å². The molecular formula is C17H25NO3. The summed E-state index contributed by atoms with van der Waals surface area (Å²) in [6, 6.07) is 3.95. The van der Waals surface area contributed by atoms with E-state index < -0.39 is 0 Å². The Morgan fingerprint density at radius 3 is 2.90 bits per heavy atom. The Bertz CT molecular complexity index is 487. The van der Waals surface area contributed by atoms with Crippen molar-refractivity contribution in [3.05, 3.63) is 35.9 Å². The lowest BCUT2D eigenvalue weighted by atomic mass is 10.0. The van der Waals surface area contributed by atoms with Crippen LogP contribution in [0.15, 0.2) is 24.8 Å². The smallest absolute Gasteiger partial charge is 0.161 e. The summed E-state index contributed by atoms with van der Waals surface area (Å²) in [5.41, 5.74) is 2.01. The molecule has 2 rings (SSSR count). The quantitative estimate of drug-likeness (QED) is 0.818. The molecule has 1 aliphatic rings. The Morgan fingerprint density at radius 2 is 2.24 bits per heavy atom. The molecule has 116 valence electrons. The van der Waals surface area contributed by atoms with Crippen LogP contribution >= 0.6 is 0 Å². The van der Waals surface area contributed by atoms with Crippen LogP contribution in [-0.4, -0.2) is 43.4 Å². The summed E-state index contributed by atoms with van der Waals surface area (Å²) in [5, 5.41) is 10.1. The predicted molar refractivity (Wildman–Crippen MR) is 83.9 cm³/mol. The molecule has 1 fully saturated rings. The monoisotopic (exact) mass is 291 g/mol. The number of hydrogen-bond donors (Lipinski definition) is 1. The average Bonchev–Trinajstić information content (AvgIpc) is 2.50. The largest absolute Gasteiger partial charge is 0.504 e. The standard InChI is InChI=1S/C17H25NO3/c1-4-6-14-9-13(10-16(21-3)17(14)19)11-18-8-5-7-15(12-18)20-2/h4,9-10,15,19H,1,5-8,11-12H2,2-3H3. The van der Waals surface area contributed by atoms with Crippen molar-refractivity contribution >= 4 is 0 Å². The molecule has 0 saturated carbocycles. The van der Waals surface area contributed by atoms with E-state index in [1.54, 1.807) is 20.3 Å². The minimum absolute atomic E-state index is 0.217. The van der Waals surface area contributed by atoms with Gasteiger partial charge in [0.2, 0.25) is 0 Å². The van der Waals surface area contributed by atoms with Gasteiger partial charge in [-0.25, -0.2) is 0 Å². The molecule has 0 spiro atoms. The fraction of sp³-hybridized carbons (Fsp3) is 0.529. The van der Waals surface area contributed by atoms with Crippen LogP contribution < -0.4 is 4.74 Å². The number of methoxy groups -OCH3 is 2. The van der Waals surface area contributed by atoms with Gasteiger partial charge in [-0.1, -0.05) is 12.1 Å². The summed E-state index contributed by atoms with van der Waals surface area (Å²) in [4.78, 5) is 2.39. The molecule has 1 heterocycles. The highest BCUT2D eigenvalue weighted by Crippen LogP contribution is 2.32. The normalized spacial score (nSPS) is 19.4. The van der Waals surface area contributed by atoms with Crippen molar-refractivity contribution in [2.24, 2.45) is 0 Å². The highest BCUT2D eigenvalue weighted by molar-refractivity contribution is 5.49. The van der Waals surface area contributed by atoms with E-state index >= 15 is 0 Å². The molecule has 1 N–H and O–H groups in total. The molecule has 0 aliphatic carbocycles. The van der Waals surface area contributed by atoms with E-state index in [1.165, 1.54) is 0 Å². The summed E-state index contributed by atoms with van der Waals surface area (Å²) in [6.07, 6.45) is 5.04. The first-order valence-corrected chi connectivity index (χ1v) is 7.42. The molecule has 1 saturated heterocycles. The zero-order chi connectivity index (χ0) is 15.2. The van der Waals surface area contributed by atoms with Gasteiger partial charge >= 0.3 is 0 Å². The number of phenols is 1. The molecule has 1 aromatic carbocycles. The van der Waals surface area contributed by atoms with Crippen molar-refractivity contribution < 1.29 is 14.6 Å². The molecule has 0 radical (unpaired) electrons. The number of aromatic hydroxyl groups is 1. The van der Waals surface area contributed by atoms with E-state index in [0.717, 1.165) is 43.6 Å². The third-order valence-corrected chi connectivity index (χ3v) is 4.00. The lowest BCUT2D eigenvalue weighted by molar-refractivity contribution is 0.0285. The van der Waals surface area contributed by atoms with E-state index in [2.05, 4.69) is 11.5 Å². The van der Waals surface area contributed by atoms with Gasteiger partial charge in [-0.05, 0) is 37.4 Å². The Kier molecular flexibility index (Phi) is 5.65. The fourth-order valence-corrected chi connectivity index (χ4v) is 2.89. The number of piperidine rings is 1. The molecular weight excluding hydrogens is 266 g/mol. The van der Waals surface area contributed by atoms with E-state index in [9.17, 15) is 5.11 Å². The van der Waals surface area contributed by atoms with Crippen LogP contribution in [0.1, 0.15) is 24.0 Å². The summed E-state index contributed by atoms with van der Waals surface area (Å²) in [7, 11) is 3.36. The van der Waals surface area contributed by atoms with Gasteiger partial charge in [0.1, 0.15) is 0 Å². The first-order valence-electron chi connectivity index (χ1n) is 7.42. The number of hydrogen-bond acceptors (Lipinski definition) is 4. The summed E-state index contributed by atoms with van der Waals surface area (Å²) >= 11 is 0. The maximum absolute atomic E-state index is 10.1. The number of likely N-dealkylation sites (tertiary alicyclic amines) is 1. The van der Waals surface area contributed by atoms with Crippen LogP contribution in [0.25, 0.3) is 0 Å². The van der Waals surface area contributed by atoms with E-state index in [1.807, 2.05) is 12.1 Å². The SMILES string of the molecule is C=CCc1cc(CN2CCCC(OC)C2)cc(OC)c1O. The van der Waals surface area contributed by atoms with Gasteiger partial charge in [0, 0.05) is 25.8 Å². The maximum Gasteiger partial charge on any atom is 0.161 e. The maximum atomic E-state index is 10.1. The van der Waals surface area contributed by atoms with Gasteiger partial charge in [-0.3, -0.25) is 4.90 Å². The lowest BCUT2D eigenvalue weighted by Gasteiger charge is -2.32. The number of allylic oxidation sites excluding steroid dienone is 1. The zero-order valence-electron chi connectivity index (χ0n) is 13.0. The molecule has 0 aromatic heterocycles. The number of ether oxygens (including phenoxy) is 2. The number of phenolic OH excluding ortho intramolecular Hbond substituents is 1. The van der Waals surface area contributed by atoms with Crippen molar-refractivity contribution in [1.29, 1.82) is 0 Å². The highest BCUT2D eigenvalue weighted by Gasteiger charge is 2.20. The number of rotatable bonds is 6. The molecule has 21 heavy (non-hydrogen) atoms. The highest BCUT2D eigenvalue weighted by atomic mass is 16.5. The Morgan fingerprint density at radius 1 is 1.43 bits per heavy atom. The second-order valence-corrected chi connectivity index (χ2v) is 5.53. The van der Waals surface area contributed by atoms with Crippen LogP contribution in [0.5, 0.6) is 11.5 Å². The van der Waals surface area contributed by atoms with Crippen LogP contribution in [-0.2, 0) is 17.7 Å². The molecule has 0 bridgehead atoms. The van der Waals surface area contributed by atoms with E-state index in [4.69, 9.17) is 9.47 Å². The first-order chi connectivity index (χ1) is 10.2. The third-order valence-electron chi connectivity index (χ3n) is 4.00. The van der Waals surface area contributed by atoms with Gasteiger partial charge in [0.25, 0.3) is 0 Å². The minimum atomic E-state index is 0.217. The van der Waals surface area contributed by atoms with Gasteiger partial charge in [0.15, 0.2) is 11.5 Å². The zero-order valence-corrected chi connectivity index (χ0v) is 13.0. The van der Waals surface area contributed by atoms with Gasteiger partial charge < -0.3 is 14.6 Å². The minimum Gasteiger partial charge on any atom is -0.504 e. The summed E-state index contributed by atoms with van der Waals surface area (Å²) in [6.45, 7) is 6.63. The number of benzene rings is 1. The molecule has 1 aliphatic heterocycles. The van der Waals surface area contributed by atoms with Crippen molar-refractivity contribution in [1.82, 2.24) is 4.90 Å². The summed E-state index contributed by atoms with van der Waals surface area (Å²) in [5.74, 6) is 0.749. The van der Waals surface area contributed by atoms with Gasteiger partial charge in [-0.15, -0.1) is 6.58 Å². The summed E-state index contributed by atoms with van der Waals surface area (Å²) < 4.78 is 10.7. The van der Waals surface area contributed by atoms with Crippen LogP contribution in [0, 0.1) is 0 Å². The molecule has 4 heteroatoms. The molecule has 0 amide bonds. The second-order valence-electron chi connectivity index (χ2n) is 5.53. The Labute approximate surface area is 127 Å². The average molecular weight is 291 g/mol. The van der Waals surface area contributed by atoms with Crippen molar-refractivity contribution in [3.8, 4) is 11.5 Å². The van der Waals surface area contributed by atoms with Gasteiger partial charge in [-0.2, -0.15) is 0 Å². The van der Waals surface area contributed by atoms with Crippen LogP contribution in [0.2, 0.25) is 0 Å². The van der Waals surface area contributed by atoms with E-state index in [0.29, 0.717) is 18.3 Å². The van der Waals surface area contributed by atoms with Crippen molar-refractivity contribution in [2.75, 3.05) is 27.3 Å². The third kappa shape index (κ3) is 3.99. The lowest BCUT2D eigenvalue weighted by Crippen LogP contribution is -2.38. The topological polar surface area (TPSA) is 41.9 Å². The molecule has 4 nitrogen and oxygen atoms in total. The second kappa shape index (κ2) is 7.48. The van der Waals surface area contributed by atoms with Crippen molar-refractivity contribution in [2.45, 2.75) is 31.9 Å². The molecule has 1 unspecified atom stereocenters. The van der Waals surface area contributed by atoms with Crippen LogP contribution in [0.3, 0.4) is 0 Å². The molecule has 1 aromatic rings. The molecule has 1 atom stereocenters.